The van der Waals surface area contributed by atoms with Crippen molar-refractivity contribution in [1.82, 2.24) is 4.57 Å². The fourth-order valence-electron chi connectivity index (χ4n) is 1.10. The Bertz CT molecular complexity index is 97.6. The van der Waals surface area contributed by atoms with E-state index in [1.165, 1.54) is 12.5 Å². The lowest BCUT2D eigenvalue weighted by Crippen LogP contribution is -2.43. The van der Waals surface area contributed by atoms with Crippen LogP contribution in [0.3, 0.4) is 0 Å². The van der Waals surface area contributed by atoms with Gasteiger partial charge < -0.3 is 4.57 Å². The molecule has 0 aromatic rings. The van der Waals surface area contributed by atoms with Crippen LogP contribution in [0.1, 0.15) is 20.3 Å². The van der Waals surface area contributed by atoms with E-state index < -0.39 is 7.55 Å². The molecule has 62 valence electrons. The van der Waals surface area contributed by atoms with Crippen molar-refractivity contribution in [3.8, 4) is 0 Å². The van der Waals surface area contributed by atoms with Crippen molar-refractivity contribution in [3.63, 3.8) is 0 Å². The molecule has 0 bridgehead atoms. The maximum atomic E-state index is 6.42. The minimum Gasteiger partial charge on any atom is -0.317 e. The van der Waals surface area contributed by atoms with Gasteiger partial charge in [-0.2, -0.15) is 0 Å². The topological polar surface area (TPSA) is 3.24 Å². The van der Waals surface area contributed by atoms with Crippen molar-refractivity contribution < 1.29 is 0 Å². The largest absolute Gasteiger partial charge is 0.317 e. The molecule has 0 aliphatic carbocycles. The van der Waals surface area contributed by atoms with Crippen LogP contribution in [0.5, 0.6) is 0 Å². The molecule has 1 nitrogen and oxygen atoms in total. The first-order valence-corrected chi connectivity index (χ1v) is 7.30. The van der Waals surface area contributed by atoms with Crippen LogP contribution in [0.4, 0.5) is 0 Å². The van der Waals surface area contributed by atoms with E-state index in [4.69, 9.17) is 11.1 Å². The van der Waals surface area contributed by atoms with Gasteiger partial charge in [0.2, 0.25) is 7.55 Å². The van der Waals surface area contributed by atoms with Crippen molar-refractivity contribution in [1.29, 1.82) is 0 Å². The minimum atomic E-state index is -1.50. The molecule has 0 fully saturated rings. The Morgan fingerprint density at radius 1 is 1.30 bits per heavy atom. The molecule has 0 radical (unpaired) electrons. The van der Waals surface area contributed by atoms with E-state index in [2.05, 4.69) is 32.5 Å². The SMILES string of the molecule is CCC[Si](Cl)(CC)N(C)C. The van der Waals surface area contributed by atoms with E-state index in [9.17, 15) is 0 Å². The average molecular weight is 180 g/mol. The van der Waals surface area contributed by atoms with Gasteiger partial charge in [-0.3, -0.25) is 0 Å². The molecule has 1 atom stereocenters. The van der Waals surface area contributed by atoms with E-state index in [1.54, 1.807) is 0 Å². The van der Waals surface area contributed by atoms with E-state index >= 15 is 0 Å². The first-order chi connectivity index (χ1) is 4.56. The minimum absolute atomic E-state index is 1.15. The lowest BCUT2D eigenvalue weighted by atomic mass is 10.6. The van der Waals surface area contributed by atoms with Gasteiger partial charge in [-0.15, -0.1) is 11.1 Å². The van der Waals surface area contributed by atoms with Crippen molar-refractivity contribution in [3.05, 3.63) is 0 Å². The molecule has 0 saturated heterocycles. The number of nitrogens with zero attached hydrogens (tertiary/aromatic N) is 1. The molecule has 0 aliphatic rings. The molecule has 0 aromatic carbocycles. The summed E-state index contributed by atoms with van der Waals surface area (Å²) in [6.45, 7) is 4.39. The van der Waals surface area contributed by atoms with Crippen molar-refractivity contribution in [2.75, 3.05) is 14.1 Å². The number of halogens is 1. The Morgan fingerprint density at radius 3 is 1.90 bits per heavy atom. The van der Waals surface area contributed by atoms with Crippen LogP contribution in [0, 0.1) is 0 Å². The molecule has 0 N–H and O–H groups in total. The molecule has 3 heteroatoms. The maximum Gasteiger partial charge on any atom is 0.228 e. The first-order valence-electron chi connectivity index (χ1n) is 3.93. The second-order valence-electron chi connectivity index (χ2n) is 2.92. The van der Waals surface area contributed by atoms with Crippen molar-refractivity contribution in [2.24, 2.45) is 0 Å². The predicted octanol–water partition coefficient (Wildman–Crippen LogP) is 2.66. The lowest BCUT2D eigenvalue weighted by Gasteiger charge is -2.29. The Labute approximate surface area is 70.2 Å². The number of rotatable bonds is 4. The molecule has 0 saturated carbocycles. The van der Waals surface area contributed by atoms with Gasteiger partial charge >= 0.3 is 0 Å². The Morgan fingerprint density at radius 2 is 1.80 bits per heavy atom. The zero-order valence-electron chi connectivity index (χ0n) is 7.45. The van der Waals surface area contributed by atoms with Crippen LogP contribution >= 0.6 is 11.1 Å². The lowest BCUT2D eigenvalue weighted by molar-refractivity contribution is 0.620. The summed E-state index contributed by atoms with van der Waals surface area (Å²) in [6, 6.07) is 2.35. The molecular formula is C7H18ClNSi. The fourth-order valence-corrected chi connectivity index (χ4v) is 3.87. The van der Waals surface area contributed by atoms with Crippen LogP contribution in [0.15, 0.2) is 0 Å². The fraction of sp³-hybridized carbons (Fsp3) is 1.00. The third kappa shape index (κ3) is 2.60. The molecule has 0 amide bonds. The van der Waals surface area contributed by atoms with Gasteiger partial charge in [0.25, 0.3) is 0 Å². The average Bonchev–Trinajstić information content (AvgIpc) is 1.88. The van der Waals surface area contributed by atoms with Crippen molar-refractivity contribution in [2.45, 2.75) is 32.4 Å². The normalized spacial score (nSPS) is 17.4. The quantitative estimate of drug-likeness (QED) is 0.474. The highest BCUT2D eigenvalue weighted by Crippen LogP contribution is 2.23. The van der Waals surface area contributed by atoms with E-state index in [0.29, 0.717) is 0 Å². The molecule has 0 aliphatic heterocycles. The summed E-state index contributed by atoms with van der Waals surface area (Å²) < 4.78 is 2.23. The summed E-state index contributed by atoms with van der Waals surface area (Å²) in [4.78, 5) is 0. The van der Waals surface area contributed by atoms with Gasteiger partial charge in [0, 0.05) is 0 Å². The standard InChI is InChI=1S/C7H18ClNSi/c1-5-7-10(8,6-2)9(3)4/h5-7H2,1-4H3. The van der Waals surface area contributed by atoms with Crippen LogP contribution in [-0.2, 0) is 0 Å². The summed E-state index contributed by atoms with van der Waals surface area (Å²) in [5, 5.41) is 0. The first kappa shape index (κ1) is 10.5. The van der Waals surface area contributed by atoms with Crippen LogP contribution < -0.4 is 0 Å². The van der Waals surface area contributed by atoms with Crippen LogP contribution in [0.25, 0.3) is 0 Å². The third-order valence-corrected chi connectivity index (χ3v) is 8.31. The second-order valence-corrected chi connectivity index (χ2v) is 8.96. The summed E-state index contributed by atoms with van der Waals surface area (Å²) in [6.07, 6.45) is 1.21. The zero-order chi connectivity index (χ0) is 8.20. The second kappa shape index (κ2) is 4.37. The third-order valence-electron chi connectivity index (χ3n) is 1.98. The molecule has 1 unspecified atom stereocenters. The molecule has 0 spiro atoms. The predicted molar refractivity (Wildman–Crippen MR) is 50.9 cm³/mol. The molecular weight excluding hydrogens is 162 g/mol. The highest BCUT2D eigenvalue weighted by Gasteiger charge is 2.30. The van der Waals surface area contributed by atoms with Crippen molar-refractivity contribution >= 4 is 18.6 Å². The summed E-state index contributed by atoms with van der Waals surface area (Å²) in [7, 11) is 2.70. The molecule has 0 rings (SSSR count). The Hall–Kier alpha value is 0.467. The smallest absolute Gasteiger partial charge is 0.228 e. The maximum absolute atomic E-state index is 6.42. The molecule has 0 heterocycles. The molecule has 0 aromatic heterocycles. The van der Waals surface area contributed by atoms with E-state index in [1.807, 2.05) is 0 Å². The zero-order valence-corrected chi connectivity index (χ0v) is 9.20. The van der Waals surface area contributed by atoms with Gasteiger partial charge in [-0.05, 0) is 26.2 Å². The van der Waals surface area contributed by atoms with Gasteiger partial charge in [0.05, 0.1) is 0 Å². The Balaban J connectivity index is 3.94. The summed E-state index contributed by atoms with van der Waals surface area (Å²) in [5.41, 5.74) is 0. The highest BCUT2D eigenvalue weighted by molar-refractivity contribution is 7.18. The van der Waals surface area contributed by atoms with Gasteiger partial charge in [0.15, 0.2) is 0 Å². The summed E-state index contributed by atoms with van der Waals surface area (Å²) in [5.74, 6) is 0. The van der Waals surface area contributed by atoms with Gasteiger partial charge in [-0.25, -0.2) is 0 Å². The monoisotopic (exact) mass is 179 g/mol. The highest BCUT2D eigenvalue weighted by atomic mass is 35.6. The van der Waals surface area contributed by atoms with Gasteiger partial charge in [-0.1, -0.05) is 20.3 Å². The number of hydrogen-bond acceptors (Lipinski definition) is 1. The van der Waals surface area contributed by atoms with Crippen LogP contribution in [-0.4, -0.2) is 26.2 Å². The number of hydrogen-bond donors (Lipinski definition) is 0. The Kier molecular flexibility index (Phi) is 4.57. The van der Waals surface area contributed by atoms with E-state index in [0.717, 1.165) is 6.04 Å². The summed E-state index contributed by atoms with van der Waals surface area (Å²) >= 11 is 6.42. The van der Waals surface area contributed by atoms with E-state index in [-0.39, 0.29) is 0 Å². The van der Waals surface area contributed by atoms with Crippen LogP contribution in [0.2, 0.25) is 12.1 Å². The molecule has 10 heavy (non-hydrogen) atoms. The van der Waals surface area contributed by atoms with Gasteiger partial charge in [0.1, 0.15) is 0 Å².